The number of aromatic amines is 1. The van der Waals surface area contributed by atoms with Crippen LogP contribution in [0.3, 0.4) is 0 Å². The van der Waals surface area contributed by atoms with E-state index in [0.717, 1.165) is 42.0 Å². The first-order valence-corrected chi connectivity index (χ1v) is 6.94. The van der Waals surface area contributed by atoms with Gasteiger partial charge >= 0.3 is 0 Å². The van der Waals surface area contributed by atoms with Crippen LogP contribution in [0, 0.1) is 5.92 Å². The molecule has 0 bridgehead atoms. The fourth-order valence-electron chi connectivity index (χ4n) is 2.29. The number of hydrogen-bond donors (Lipinski definition) is 2. The van der Waals surface area contributed by atoms with Crippen molar-refractivity contribution in [1.82, 2.24) is 20.3 Å². The lowest BCUT2D eigenvalue weighted by Gasteiger charge is -2.21. The minimum Gasteiger partial charge on any atom is -0.340 e. The van der Waals surface area contributed by atoms with Crippen LogP contribution in [-0.4, -0.2) is 28.0 Å². The van der Waals surface area contributed by atoms with Crippen LogP contribution >= 0.6 is 11.3 Å². The number of hydrogen-bond acceptors (Lipinski definition) is 4. The average molecular weight is 248 g/mol. The molecule has 4 nitrogen and oxygen atoms in total. The molecule has 0 unspecified atom stereocenters. The van der Waals surface area contributed by atoms with Crippen molar-refractivity contribution in [3.8, 4) is 10.7 Å². The normalized spacial score (nSPS) is 17.4. The van der Waals surface area contributed by atoms with Crippen LogP contribution in [0.5, 0.6) is 0 Å². The smallest absolute Gasteiger partial charge is 0.141 e. The largest absolute Gasteiger partial charge is 0.340 e. The zero-order chi connectivity index (χ0) is 11.5. The van der Waals surface area contributed by atoms with Crippen molar-refractivity contribution < 1.29 is 0 Å². The summed E-state index contributed by atoms with van der Waals surface area (Å²) in [7, 11) is 0. The molecule has 2 aromatic heterocycles. The zero-order valence-corrected chi connectivity index (χ0v) is 10.5. The van der Waals surface area contributed by atoms with Crippen molar-refractivity contribution in [1.29, 1.82) is 0 Å². The first-order valence-electron chi connectivity index (χ1n) is 6.06. The maximum atomic E-state index is 4.46. The van der Waals surface area contributed by atoms with E-state index >= 15 is 0 Å². The van der Waals surface area contributed by atoms with Gasteiger partial charge in [-0.1, -0.05) is 0 Å². The summed E-state index contributed by atoms with van der Waals surface area (Å²) in [6, 6.07) is 0. The molecular formula is C12H16N4S. The highest BCUT2D eigenvalue weighted by molar-refractivity contribution is 7.13. The van der Waals surface area contributed by atoms with Gasteiger partial charge in [-0.05, 0) is 31.8 Å². The minimum absolute atomic E-state index is 0.770. The van der Waals surface area contributed by atoms with Gasteiger partial charge in [0.2, 0.25) is 0 Å². The van der Waals surface area contributed by atoms with Crippen molar-refractivity contribution >= 4 is 11.3 Å². The second-order valence-corrected chi connectivity index (χ2v) is 5.37. The topological polar surface area (TPSA) is 53.6 Å². The van der Waals surface area contributed by atoms with Gasteiger partial charge in [-0.3, -0.25) is 0 Å². The maximum absolute atomic E-state index is 4.46. The predicted molar refractivity (Wildman–Crippen MR) is 69.0 cm³/mol. The quantitative estimate of drug-likeness (QED) is 0.874. The van der Waals surface area contributed by atoms with E-state index in [1.165, 1.54) is 12.8 Å². The Morgan fingerprint density at radius 1 is 1.29 bits per heavy atom. The fourth-order valence-corrected chi connectivity index (χ4v) is 2.89. The van der Waals surface area contributed by atoms with Gasteiger partial charge in [0.05, 0.1) is 11.9 Å². The third-order valence-corrected chi connectivity index (χ3v) is 4.04. The summed E-state index contributed by atoms with van der Waals surface area (Å²) in [5, 5.41) is 6.40. The molecule has 1 aliphatic heterocycles. The predicted octanol–water partition coefficient (Wildman–Crippen LogP) is 2.08. The van der Waals surface area contributed by atoms with Crippen LogP contribution < -0.4 is 5.32 Å². The van der Waals surface area contributed by atoms with Gasteiger partial charge in [0, 0.05) is 18.0 Å². The highest BCUT2D eigenvalue weighted by Crippen LogP contribution is 2.21. The Kier molecular flexibility index (Phi) is 3.20. The Labute approximate surface area is 105 Å². The Hall–Kier alpha value is -1.20. The second kappa shape index (κ2) is 4.98. The van der Waals surface area contributed by atoms with E-state index in [2.05, 4.69) is 20.3 Å². The van der Waals surface area contributed by atoms with Gasteiger partial charge in [0.15, 0.2) is 0 Å². The van der Waals surface area contributed by atoms with Crippen molar-refractivity contribution in [2.24, 2.45) is 5.92 Å². The van der Waals surface area contributed by atoms with Crippen LogP contribution in [0.2, 0.25) is 0 Å². The Bertz CT molecular complexity index is 457. The Morgan fingerprint density at radius 3 is 2.94 bits per heavy atom. The summed E-state index contributed by atoms with van der Waals surface area (Å²) in [6.07, 6.45) is 7.30. The molecule has 3 rings (SSSR count). The van der Waals surface area contributed by atoms with Gasteiger partial charge in [-0.2, -0.15) is 0 Å². The van der Waals surface area contributed by atoms with Crippen LogP contribution in [-0.2, 0) is 6.42 Å². The first kappa shape index (κ1) is 10.9. The molecule has 3 heterocycles. The third-order valence-electron chi connectivity index (χ3n) is 3.23. The van der Waals surface area contributed by atoms with Crippen LogP contribution in [0.15, 0.2) is 17.8 Å². The number of piperidine rings is 1. The molecule has 1 aliphatic rings. The second-order valence-electron chi connectivity index (χ2n) is 4.48. The van der Waals surface area contributed by atoms with Gasteiger partial charge in [0.1, 0.15) is 10.8 Å². The molecule has 2 aromatic rings. The molecule has 1 fully saturated rings. The molecule has 2 N–H and O–H groups in total. The molecule has 0 atom stereocenters. The molecule has 90 valence electrons. The molecule has 0 aromatic carbocycles. The summed E-state index contributed by atoms with van der Waals surface area (Å²) < 4.78 is 0. The van der Waals surface area contributed by atoms with E-state index in [-0.39, 0.29) is 0 Å². The summed E-state index contributed by atoms with van der Waals surface area (Å²) in [6.45, 7) is 2.29. The van der Waals surface area contributed by atoms with E-state index in [1.807, 2.05) is 17.8 Å². The highest BCUT2D eigenvalue weighted by atomic mass is 32.1. The summed E-state index contributed by atoms with van der Waals surface area (Å²) >= 11 is 1.64. The first-order chi connectivity index (χ1) is 8.42. The molecule has 5 heteroatoms. The molecule has 0 radical (unpaired) electrons. The number of rotatable bonds is 3. The van der Waals surface area contributed by atoms with E-state index in [1.54, 1.807) is 11.3 Å². The number of nitrogens with one attached hydrogen (secondary N) is 2. The van der Waals surface area contributed by atoms with Gasteiger partial charge < -0.3 is 10.3 Å². The number of thiazole rings is 1. The van der Waals surface area contributed by atoms with Crippen LogP contribution in [0.4, 0.5) is 0 Å². The molecule has 0 amide bonds. The number of imidazole rings is 1. The maximum Gasteiger partial charge on any atom is 0.141 e. The Morgan fingerprint density at radius 2 is 2.18 bits per heavy atom. The van der Waals surface area contributed by atoms with E-state index in [9.17, 15) is 0 Å². The molecule has 17 heavy (non-hydrogen) atoms. The number of nitrogens with zero attached hydrogens (tertiary/aromatic N) is 2. The standard InChI is InChI=1S/C12H16N4S/c1-3-13-4-2-9(1)7-11-15-8-10(16-11)12-14-5-6-17-12/h5-6,8-9,13H,1-4,7H2,(H,15,16). The van der Waals surface area contributed by atoms with Crippen molar-refractivity contribution in [3.05, 3.63) is 23.6 Å². The van der Waals surface area contributed by atoms with Crippen molar-refractivity contribution in [2.45, 2.75) is 19.3 Å². The van der Waals surface area contributed by atoms with Crippen LogP contribution in [0.1, 0.15) is 18.7 Å². The lowest BCUT2D eigenvalue weighted by molar-refractivity contribution is 0.368. The third kappa shape index (κ3) is 2.56. The summed E-state index contributed by atoms with van der Waals surface area (Å²) in [4.78, 5) is 12.1. The van der Waals surface area contributed by atoms with Crippen molar-refractivity contribution in [2.75, 3.05) is 13.1 Å². The molecule has 0 saturated carbocycles. The highest BCUT2D eigenvalue weighted by Gasteiger charge is 2.15. The lowest BCUT2D eigenvalue weighted by Crippen LogP contribution is -2.28. The fraction of sp³-hybridized carbons (Fsp3) is 0.500. The monoisotopic (exact) mass is 248 g/mol. The summed E-state index contributed by atoms with van der Waals surface area (Å²) in [5.74, 6) is 1.87. The molecule has 0 aliphatic carbocycles. The van der Waals surface area contributed by atoms with Gasteiger partial charge in [0.25, 0.3) is 0 Å². The zero-order valence-electron chi connectivity index (χ0n) is 9.65. The number of aromatic nitrogens is 3. The lowest BCUT2D eigenvalue weighted by atomic mass is 9.94. The Balaban J connectivity index is 1.68. The number of H-pyrrole nitrogens is 1. The van der Waals surface area contributed by atoms with Gasteiger partial charge in [-0.25, -0.2) is 9.97 Å². The molecule has 0 spiro atoms. The van der Waals surface area contributed by atoms with E-state index in [4.69, 9.17) is 0 Å². The SMILES string of the molecule is c1csc(-c2cnc(CC3CCNCC3)[nH]2)n1. The van der Waals surface area contributed by atoms with E-state index < -0.39 is 0 Å². The minimum atomic E-state index is 0.770. The summed E-state index contributed by atoms with van der Waals surface area (Å²) in [5.41, 5.74) is 1.05. The van der Waals surface area contributed by atoms with Crippen LogP contribution in [0.25, 0.3) is 10.7 Å². The van der Waals surface area contributed by atoms with Gasteiger partial charge in [-0.15, -0.1) is 11.3 Å². The molecular weight excluding hydrogens is 232 g/mol. The molecule has 1 saturated heterocycles. The van der Waals surface area contributed by atoms with Crippen molar-refractivity contribution in [3.63, 3.8) is 0 Å². The van der Waals surface area contributed by atoms with E-state index in [0.29, 0.717) is 0 Å². The average Bonchev–Trinajstić information content (AvgIpc) is 3.00.